The van der Waals surface area contributed by atoms with Crippen LogP contribution in [0.3, 0.4) is 0 Å². The Hall–Kier alpha value is -1.43. The molecule has 316 valence electrons. The standard InChI is InChI=1S/C37H60O18/c1-49-24-10-16(2-8-21(24)41)3-9-28(42)50-15-27-30(44)32(46)34(48)37(55-27)53-25-13-20-22(51-35(25)17-4-6-18(39)7-5-17)11-19(40)12-23(20)52-36-33(47)31(45)29(43)26(14-38)54-36/h3,9,16-27,29-41,43-48H,2,4-8,10-15H2,1H3/t16?,17?,18?,19?,20?,21?,22?,23?,24?,25?,26-,27-,29-,30-,31+,32+,33-,34-,35?,36-,37-/m1/s1. The van der Waals surface area contributed by atoms with Crippen molar-refractivity contribution in [1.82, 2.24) is 0 Å². The van der Waals surface area contributed by atoms with E-state index in [2.05, 4.69) is 0 Å². The molecule has 3 aliphatic carbocycles. The van der Waals surface area contributed by atoms with Crippen molar-refractivity contribution in [3.63, 3.8) is 0 Å². The Labute approximate surface area is 319 Å². The zero-order valence-corrected chi connectivity index (χ0v) is 31.0. The van der Waals surface area contributed by atoms with E-state index < -0.39 is 129 Å². The van der Waals surface area contributed by atoms with Gasteiger partial charge in [0.25, 0.3) is 0 Å². The van der Waals surface area contributed by atoms with Gasteiger partial charge in [0.15, 0.2) is 12.6 Å². The first kappa shape index (κ1) is 43.2. The Bertz CT molecular complexity index is 1250. The summed E-state index contributed by atoms with van der Waals surface area (Å²) in [7, 11) is 1.52. The van der Waals surface area contributed by atoms with Crippen LogP contribution in [0.2, 0.25) is 0 Å². The molecule has 6 rings (SSSR count). The van der Waals surface area contributed by atoms with E-state index in [4.69, 9.17) is 33.2 Å². The Morgan fingerprint density at radius 1 is 0.655 bits per heavy atom. The van der Waals surface area contributed by atoms with Crippen LogP contribution in [0.5, 0.6) is 0 Å². The number of aliphatic hydroxyl groups excluding tert-OH is 10. The van der Waals surface area contributed by atoms with Crippen LogP contribution in [0.1, 0.15) is 64.2 Å². The number of methoxy groups -OCH3 is 1. The number of hydrogen-bond donors (Lipinski definition) is 10. The van der Waals surface area contributed by atoms with Crippen LogP contribution in [0.15, 0.2) is 12.2 Å². The van der Waals surface area contributed by atoms with Crippen LogP contribution in [-0.2, 0) is 38.0 Å². The molecule has 10 N–H and O–H groups in total. The molecule has 3 saturated carbocycles. The zero-order valence-electron chi connectivity index (χ0n) is 31.0. The second kappa shape index (κ2) is 19.1. The third-order valence-electron chi connectivity index (χ3n) is 12.5. The lowest BCUT2D eigenvalue weighted by Gasteiger charge is -2.52. The van der Waals surface area contributed by atoms with E-state index in [-0.39, 0.29) is 37.2 Å². The van der Waals surface area contributed by atoms with Crippen LogP contribution in [0.4, 0.5) is 0 Å². The van der Waals surface area contributed by atoms with Gasteiger partial charge in [0.1, 0.15) is 55.4 Å². The normalized spacial score (nSPS) is 49.7. The summed E-state index contributed by atoms with van der Waals surface area (Å²) in [6, 6.07) is 0. The lowest BCUT2D eigenvalue weighted by molar-refractivity contribution is -0.344. The van der Waals surface area contributed by atoms with Crippen LogP contribution < -0.4 is 0 Å². The summed E-state index contributed by atoms with van der Waals surface area (Å²) < 4.78 is 41.5. The Kier molecular flexibility index (Phi) is 15.0. The van der Waals surface area contributed by atoms with Gasteiger partial charge in [-0.3, -0.25) is 0 Å². The molecule has 0 aromatic heterocycles. The van der Waals surface area contributed by atoms with Crippen LogP contribution in [0.25, 0.3) is 0 Å². The minimum atomic E-state index is -1.73. The lowest BCUT2D eigenvalue weighted by Crippen LogP contribution is -2.63. The zero-order chi connectivity index (χ0) is 39.6. The lowest BCUT2D eigenvalue weighted by atomic mass is 9.73. The van der Waals surface area contributed by atoms with Gasteiger partial charge in [-0.15, -0.1) is 0 Å². The fraction of sp³-hybridized carbons (Fsp3) is 0.919. The number of ether oxygens (including phenoxy) is 7. The summed E-state index contributed by atoms with van der Waals surface area (Å²) in [4.78, 5) is 12.7. The van der Waals surface area contributed by atoms with Crippen molar-refractivity contribution in [2.24, 2.45) is 17.8 Å². The van der Waals surface area contributed by atoms with Gasteiger partial charge in [0.05, 0.1) is 55.4 Å². The molecule has 0 radical (unpaired) electrons. The van der Waals surface area contributed by atoms with Crippen molar-refractivity contribution in [2.75, 3.05) is 20.3 Å². The molecule has 0 aromatic carbocycles. The van der Waals surface area contributed by atoms with Crippen molar-refractivity contribution in [3.8, 4) is 0 Å². The van der Waals surface area contributed by atoms with Gasteiger partial charge in [0.2, 0.25) is 0 Å². The highest BCUT2D eigenvalue weighted by atomic mass is 16.7. The summed E-state index contributed by atoms with van der Waals surface area (Å²) in [5.41, 5.74) is 0. The molecule has 6 aliphatic rings. The van der Waals surface area contributed by atoms with Crippen molar-refractivity contribution in [2.45, 2.75) is 174 Å². The van der Waals surface area contributed by atoms with Crippen LogP contribution >= 0.6 is 0 Å². The van der Waals surface area contributed by atoms with Gasteiger partial charge in [-0.2, -0.15) is 0 Å². The average molecular weight is 793 g/mol. The predicted molar refractivity (Wildman–Crippen MR) is 184 cm³/mol. The number of aliphatic hydroxyl groups is 10. The molecule has 3 saturated heterocycles. The molecule has 0 amide bonds. The Morgan fingerprint density at radius 3 is 1.95 bits per heavy atom. The highest BCUT2D eigenvalue weighted by molar-refractivity contribution is 5.81. The predicted octanol–water partition coefficient (Wildman–Crippen LogP) is -2.88. The largest absolute Gasteiger partial charge is 0.460 e. The second-order valence-corrected chi connectivity index (χ2v) is 16.2. The summed E-state index contributed by atoms with van der Waals surface area (Å²) in [5.74, 6) is -1.31. The third kappa shape index (κ3) is 10.1. The fourth-order valence-corrected chi connectivity index (χ4v) is 9.20. The third-order valence-corrected chi connectivity index (χ3v) is 12.5. The van der Waals surface area contributed by atoms with Crippen LogP contribution in [-0.4, -0.2) is 188 Å². The highest BCUT2D eigenvalue weighted by Gasteiger charge is 2.54. The van der Waals surface area contributed by atoms with Gasteiger partial charge in [-0.25, -0.2) is 4.79 Å². The number of carbonyl (C=O) groups excluding carboxylic acids is 1. The molecule has 0 spiro atoms. The molecule has 3 heterocycles. The number of fused-ring (bicyclic) bond motifs is 1. The fourth-order valence-electron chi connectivity index (χ4n) is 9.20. The van der Waals surface area contributed by atoms with E-state index in [1.807, 2.05) is 0 Å². The van der Waals surface area contributed by atoms with Crippen LogP contribution in [0, 0.1) is 17.8 Å². The van der Waals surface area contributed by atoms with E-state index >= 15 is 0 Å². The van der Waals surface area contributed by atoms with Crippen molar-refractivity contribution < 1.29 is 89.0 Å². The first-order valence-electron chi connectivity index (χ1n) is 19.7. The highest BCUT2D eigenvalue weighted by Crippen LogP contribution is 2.45. The molecule has 3 aliphatic heterocycles. The van der Waals surface area contributed by atoms with Gasteiger partial charge in [-0.05, 0) is 69.6 Å². The SMILES string of the molecule is COC1CC(C=CC(=O)OC[C@H]2O[C@@H](OC3CC4C(CC(O)CC4O[C@@H]4O[C@H](CO)[C@@H](O)[C@H](O)[C@H]4O)OC3C3CCC(O)CC3)[C@H](O)[C@@H](O)[C@@H]2O)CCC1O. The maximum absolute atomic E-state index is 12.7. The van der Waals surface area contributed by atoms with E-state index in [0.29, 0.717) is 44.9 Å². The number of hydrogen-bond acceptors (Lipinski definition) is 18. The minimum absolute atomic E-state index is 0.0144. The number of rotatable bonds is 11. The first-order valence-corrected chi connectivity index (χ1v) is 19.7. The smallest absolute Gasteiger partial charge is 0.330 e. The van der Waals surface area contributed by atoms with Crippen molar-refractivity contribution in [3.05, 3.63) is 12.2 Å². The number of carbonyl (C=O) groups is 1. The number of allylic oxidation sites excluding steroid dienone is 1. The molecule has 6 fully saturated rings. The molecular formula is C37H60O18. The Morgan fingerprint density at radius 2 is 1.29 bits per heavy atom. The maximum atomic E-state index is 12.7. The summed E-state index contributed by atoms with van der Waals surface area (Å²) in [6.45, 7) is -1.12. The van der Waals surface area contributed by atoms with Crippen molar-refractivity contribution >= 4 is 5.97 Å². The first-order chi connectivity index (χ1) is 26.3. The summed E-state index contributed by atoms with van der Waals surface area (Å²) in [5, 5.41) is 105. The minimum Gasteiger partial charge on any atom is -0.460 e. The summed E-state index contributed by atoms with van der Waals surface area (Å²) >= 11 is 0. The second-order valence-electron chi connectivity index (χ2n) is 16.2. The molecule has 19 atom stereocenters. The molecule has 18 heteroatoms. The van der Waals surface area contributed by atoms with Gasteiger partial charge in [-0.1, -0.05) is 6.08 Å². The van der Waals surface area contributed by atoms with E-state index in [1.54, 1.807) is 6.08 Å². The van der Waals surface area contributed by atoms with E-state index in [9.17, 15) is 55.9 Å². The molecule has 0 bridgehead atoms. The summed E-state index contributed by atoms with van der Waals surface area (Å²) in [6.07, 6.45) is -13.0. The molecular weight excluding hydrogens is 732 g/mol. The Balaban J connectivity index is 1.14. The van der Waals surface area contributed by atoms with Gasteiger partial charge < -0.3 is 84.2 Å². The molecule has 0 aromatic rings. The van der Waals surface area contributed by atoms with E-state index in [1.165, 1.54) is 13.2 Å². The van der Waals surface area contributed by atoms with Crippen molar-refractivity contribution in [1.29, 1.82) is 0 Å². The molecule has 18 nitrogen and oxygen atoms in total. The maximum Gasteiger partial charge on any atom is 0.330 e. The monoisotopic (exact) mass is 792 g/mol. The average Bonchev–Trinajstić information content (AvgIpc) is 3.17. The molecule has 9 unspecified atom stereocenters. The quantitative estimate of drug-likeness (QED) is 0.0743. The number of esters is 1. The topological polar surface area (TPSA) is 284 Å². The molecule has 55 heavy (non-hydrogen) atoms. The van der Waals surface area contributed by atoms with E-state index in [0.717, 1.165) is 0 Å². The van der Waals surface area contributed by atoms with Gasteiger partial charge >= 0.3 is 5.97 Å². The van der Waals surface area contributed by atoms with Gasteiger partial charge in [0, 0.05) is 25.5 Å².